The Morgan fingerprint density at radius 1 is 0.600 bits per heavy atom. The molecular weight excluding hydrogens is 530 g/mol. The van der Waals surface area contributed by atoms with Crippen LogP contribution in [0.2, 0.25) is 6.82 Å². The van der Waals surface area contributed by atoms with Gasteiger partial charge in [0.2, 0.25) is 5.99 Å². The molecule has 0 aliphatic rings. The first-order valence-corrected chi connectivity index (χ1v) is 15.9. The maximum Gasteiger partial charge on any atom is 0.274 e. The van der Waals surface area contributed by atoms with Crippen LogP contribution in [0.4, 0.5) is 0 Å². The first-order chi connectivity index (χ1) is 19.6. The van der Waals surface area contributed by atoms with Crippen LogP contribution in [0, 0.1) is 6.92 Å². The van der Waals surface area contributed by atoms with E-state index in [1.165, 1.54) is 27.5 Å². The molecule has 4 aromatic rings. The van der Waals surface area contributed by atoms with Crippen LogP contribution in [0.15, 0.2) is 97.1 Å². The lowest BCUT2D eigenvalue weighted by atomic mass is 9.62. The summed E-state index contributed by atoms with van der Waals surface area (Å²) in [6, 6.07) is 33.9. The van der Waals surface area contributed by atoms with Crippen molar-refractivity contribution in [1.82, 2.24) is 0 Å². The van der Waals surface area contributed by atoms with E-state index in [9.17, 15) is 0 Å². The fourth-order valence-electron chi connectivity index (χ4n) is 4.33. The average molecular weight is 568 g/mol. The van der Waals surface area contributed by atoms with Crippen molar-refractivity contribution < 1.29 is 9.47 Å². The summed E-state index contributed by atoms with van der Waals surface area (Å²) in [5.41, 5.74) is 18.9. The summed E-state index contributed by atoms with van der Waals surface area (Å²) in [7, 11) is 0. The lowest BCUT2D eigenvalue weighted by Gasteiger charge is -2.15. The molecule has 0 saturated carbocycles. The molecule has 0 aliphatic heterocycles. The Balaban J connectivity index is 1.33. The van der Waals surface area contributed by atoms with Crippen LogP contribution in [-0.4, -0.2) is 36.6 Å². The minimum atomic E-state index is 0.205. The van der Waals surface area contributed by atoms with Crippen LogP contribution in [0.1, 0.15) is 16.7 Å². The molecule has 0 radical (unpaired) electrons. The smallest absolute Gasteiger partial charge is 0.274 e. The SMILES string of the molecule is CB(SCCN)c1ccc(COCc2ccc(B(SCCN)c3ccc(Oc4ccc(C)cc4)cc3)cc2)cc1. The van der Waals surface area contributed by atoms with Gasteiger partial charge >= 0.3 is 0 Å². The number of rotatable bonds is 15. The van der Waals surface area contributed by atoms with Crippen molar-refractivity contribution >= 4 is 51.6 Å². The van der Waals surface area contributed by atoms with Crippen LogP contribution in [0.3, 0.4) is 0 Å². The molecule has 0 heterocycles. The van der Waals surface area contributed by atoms with Crippen molar-refractivity contribution in [3.8, 4) is 11.5 Å². The van der Waals surface area contributed by atoms with Gasteiger partial charge in [0, 0.05) is 13.1 Å². The lowest BCUT2D eigenvalue weighted by Crippen LogP contribution is -2.40. The first kappa shape index (κ1) is 30.4. The predicted molar refractivity (Wildman–Crippen MR) is 178 cm³/mol. The second-order valence-electron chi connectivity index (χ2n) is 9.80. The van der Waals surface area contributed by atoms with E-state index in [1.54, 1.807) is 0 Å². The molecule has 0 aliphatic carbocycles. The van der Waals surface area contributed by atoms with Gasteiger partial charge in [-0.05, 0) is 53.8 Å². The summed E-state index contributed by atoms with van der Waals surface area (Å²) in [6.07, 6.45) is 0. The van der Waals surface area contributed by atoms with Crippen LogP contribution in [0.5, 0.6) is 11.5 Å². The third kappa shape index (κ3) is 9.22. The van der Waals surface area contributed by atoms with Crippen molar-refractivity contribution in [1.29, 1.82) is 0 Å². The summed E-state index contributed by atoms with van der Waals surface area (Å²) in [6.45, 7) is 6.84. The zero-order valence-corrected chi connectivity index (χ0v) is 25.1. The Labute approximate surface area is 248 Å². The summed E-state index contributed by atoms with van der Waals surface area (Å²) in [5, 5.41) is 0. The largest absolute Gasteiger partial charge is 0.457 e. The third-order valence-corrected chi connectivity index (χ3v) is 9.19. The number of hydrogen-bond donors (Lipinski definition) is 2. The number of aryl methyl sites for hydroxylation is 1. The number of nitrogens with two attached hydrogens (primary N) is 2. The third-order valence-electron chi connectivity index (χ3n) is 6.60. The zero-order chi connectivity index (χ0) is 28.2. The van der Waals surface area contributed by atoms with E-state index in [0.29, 0.717) is 32.3 Å². The summed E-state index contributed by atoms with van der Waals surface area (Å²) in [5.74, 6) is 4.20. The Hall–Kier alpha value is -2.61. The molecular formula is C32H38B2N2O2S2. The number of benzene rings is 4. The van der Waals surface area contributed by atoms with Crippen molar-refractivity contribution in [2.45, 2.75) is 27.0 Å². The van der Waals surface area contributed by atoms with Gasteiger partial charge in [0.1, 0.15) is 11.5 Å². The second kappa shape index (κ2) is 16.0. The highest BCUT2D eigenvalue weighted by molar-refractivity contribution is 8.28. The molecule has 206 valence electrons. The molecule has 8 heteroatoms. The molecule has 0 unspecified atom stereocenters. The van der Waals surface area contributed by atoms with E-state index in [0.717, 1.165) is 28.6 Å². The van der Waals surface area contributed by atoms with Gasteiger partial charge in [-0.15, -0.1) is 0 Å². The van der Waals surface area contributed by atoms with Crippen LogP contribution < -0.4 is 32.6 Å². The van der Waals surface area contributed by atoms with Gasteiger partial charge < -0.3 is 20.9 Å². The van der Waals surface area contributed by atoms with Crippen LogP contribution >= 0.6 is 23.2 Å². The molecule has 0 aromatic heterocycles. The quantitative estimate of drug-likeness (QED) is 0.201. The Morgan fingerprint density at radius 2 is 1.05 bits per heavy atom. The van der Waals surface area contributed by atoms with Crippen molar-refractivity contribution in [2.75, 3.05) is 24.6 Å². The molecule has 0 fully saturated rings. The highest BCUT2D eigenvalue weighted by Crippen LogP contribution is 2.21. The van der Waals surface area contributed by atoms with Gasteiger partial charge in [0.25, 0.3) is 5.99 Å². The fourth-order valence-corrected chi connectivity index (χ4v) is 6.24. The zero-order valence-electron chi connectivity index (χ0n) is 23.4. The van der Waals surface area contributed by atoms with Gasteiger partial charge in [-0.2, -0.15) is 11.6 Å². The standard InChI is InChI=1S/C32H38B2N2O2S2/c1-25-3-15-31(16-4-25)38-32-17-13-30(14-18-32)34(40-22-20-36)29-11-7-27(8-12-29)24-37-23-26-5-9-28(10-6-26)33(2)39-21-19-35/h3-18H,19-24,35-36H2,1-2H3. The van der Waals surface area contributed by atoms with Crippen LogP contribution in [0.25, 0.3) is 0 Å². The van der Waals surface area contributed by atoms with Gasteiger partial charge in [0.15, 0.2) is 0 Å². The molecule has 4 rings (SSSR count). The fraction of sp³-hybridized carbons (Fsp3) is 0.250. The Bertz CT molecular complexity index is 1290. The molecule has 0 bridgehead atoms. The summed E-state index contributed by atoms with van der Waals surface area (Å²) in [4.78, 5) is 0. The van der Waals surface area contributed by atoms with E-state index >= 15 is 0 Å². The Kier molecular flexibility index (Phi) is 12.1. The molecule has 4 nitrogen and oxygen atoms in total. The van der Waals surface area contributed by atoms with E-state index in [1.807, 2.05) is 47.5 Å². The number of ether oxygens (including phenoxy) is 2. The van der Waals surface area contributed by atoms with E-state index < -0.39 is 0 Å². The van der Waals surface area contributed by atoms with Crippen molar-refractivity contribution in [3.05, 3.63) is 114 Å². The summed E-state index contributed by atoms with van der Waals surface area (Å²) < 4.78 is 12.1. The van der Waals surface area contributed by atoms with Crippen molar-refractivity contribution in [2.24, 2.45) is 11.5 Å². The molecule has 0 spiro atoms. The van der Waals surface area contributed by atoms with Crippen molar-refractivity contribution in [3.63, 3.8) is 0 Å². The maximum atomic E-state index is 6.03. The lowest BCUT2D eigenvalue weighted by molar-refractivity contribution is 0.107. The van der Waals surface area contributed by atoms with E-state index in [2.05, 4.69) is 86.5 Å². The van der Waals surface area contributed by atoms with E-state index in [4.69, 9.17) is 20.9 Å². The molecule has 4 N–H and O–H groups in total. The van der Waals surface area contributed by atoms with Gasteiger partial charge in [-0.25, -0.2) is 11.6 Å². The second-order valence-corrected chi connectivity index (χ2v) is 12.5. The van der Waals surface area contributed by atoms with Gasteiger partial charge in [-0.1, -0.05) is 102 Å². The minimum absolute atomic E-state index is 0.205. The van der Waals surface area contributed by atoms with Crippen LogP contribution in [-0.2, 0) is 18.0 Å². The highest BCUT2D eigenvalue weighted by atomic mass is 32.2. The van der Waals surface area contributed by atoms with Gasteiger partial charge in [0.05, 0.1) is 13.2 Å². The highest BCUT2D eigenvalue weighted by Gasteiger charge is 2.20. The molecule has 4 aromatic carbocycles. The maximum absolute atomic E-state index is 6.03. The normalized spacial score (nSPS) is 10.9. The predicted octanol–water partition coefficient (Wildman–Crippen LogP) is 4.82. The molecule has 0 atom stereocenters. The average Bonchev–Trinajstić information content (AvgIpc) is 2.99. The topological polar surface area (TPSA) is 70.5 Å². The monoisotopic (exact) mass is 568 g/mol. The van der Waals surface area contributed by atoms with E-state index in [-0.39, 0.29) is 5.99 Å². The molecule has 40 heavy (non-hydrogen) atoms. The minimum Gasteiger partial charge on any atom is -0.457 e. The molecule has 0 saturated heterocycles. The Morgan fingerprint density at radius 3 is 1.57 bits per heavy atom. The molecule has 0 amide bonds. The number of hydrogen-bond acceptors (Lipinski definition) is 6. The summed E-state index contributed by atoms with van der Waals surface area (Å²) >= 11 is 3.75. The first-order valence-electron chi connectivity index (χ1n) is 13.8. The van der Waals surface area contributed by atoms with Gasteiger partial charge in [-0.3, -0.25) is 0 Å².